The fourth-order valence-electron chi connectivity index (χ4n) is 1.70. The van der Waals surface area contributed by atoms with Crippen molar-refractivity contribution in [2.24, 2.45) is 5.73 Å². The van der Waals surface area contributed by atoms with E-state index in [4.69, 9.17) is 22.7 Å². The average molecular weight is 249 g/mol. The third kappa shape index (κ3) is 3.75. The normalized spacial score (nSPS) is 12.6. The molecule has 0 aliphatic carbocycles. The number of nitrogens with one attached hydrogen (secondary N) is 1. The van der Waals surface area contributed by atoms with E-state index in [1.54, 1.807) is 0 Å². The van der Waals surface area contributed by atoms with Crippen molar-refractivity contribution in [1.29, 1.82) is 5.41 Å². The Kier molecular flexibility index (Phi) is 4.98. The van der Waals surface area contributed by atoms with Gasteiger partial charge in [-0.05, 0) is 30.5 Å². The van der Waals surface area contributed by atoms with Crippen LogP contribution in [0, 0.1) is 5.41 Å². The lowest BCUT2D eigenvalue weighted by atomic mass is 9.96. The molecule has 3 N–H and O–H groups in total. The second kappa shape index (κ2) is 6.26. The van der Waals surface area contributed by atoms with E-state index in [0.29, 0.717) is 6.42 Å². The summed E-state index contributed by atoms with van der Waals surface area (Å²) in [5.41, 5.74) is 8.49. The third-order valence-electron chi connectivity index (χ3n) is 2.39. The van der Waals surface area contributed by atoms with Crippen molar-refractivity contribution >= 4 is 23.0 Å². The lowest BCUT2D eigenvalue weighted by molar-refractivity contribution is 1.23. The van der Waals surface area contributed by atoms with Gasteiger partial charge >= 0.3 is 0 Å². The zero-order valence-electron chi connectivity index (χ0n) is 10.1. The first-order valence-electron chi connectivity index (χ1n) is 5.46. The maximum Gasteiger partial charge on any atom is 0.0950 e. The number of amidine groups is 1. The molecule has 0 aliphatic heterocycles. The van der Waals surface area contributed by atoms with Crippen molar-refractivity contribution in [2.75, 3.05) is 0 Å². The number of allylic oxidation sites excluding steroid dienone is 4. The van der Waals surface area contributed by atoms with Gasteiger partial charge < -0.3 is 5.73 Å². The van der Waals surface area contributed by atoms with Crippen LogP contribution in [0.3, 0.4) is 0 Å². The molecule has 17 heavy (non-hydrogen) atoms. The molecular weight excluding hydrogens is 232 g/mol. The van der Waals surface area contributed by atoms with Crippen molar-refractivity contribution in [3.63, 3.8) is 0 Å². The van der Waals surface area contributed by atoms with E-state index >= 15 is 0 Å². The number of halogens is 1. The quantitative estimate of drug-likeness (QED) is 0.476. The molecule has 0 spiro atoms. The minimum Gasteiger partial charge on any atom is -0.387 e. The standard InChI is InChI=1S/C14H17ClN2/c1-3-6-12(10(2)15)13-8-5-4-7-11(13)9-14(16)17/h3-8H,9H2,1-2H3,(H3,16,17). The molecule has 0 radical (unpaired) electrons. The molecule has 90 valence electrons. The first-order valence-corrected chi connectivity index (χ1v) is 5.84. The molecule has 1 rings (SSSR count). The van der Waals surface area contributed by atoms with E-state index in [1.165, 1.54) is 0 Å². The summed E-state index contributed by atoms with van der Waals surface area (Å²) in [4.78, 5) is 0. The van der Waals surface area contributed by atoms with Gasteiger partial charge in [-0.1, -0.05) is 48.0 Å². The lowest BCUT2D eigenvalue weighted by Gasteiger charge is -2.10. The van der Waals surface area contributed by atoms with Crippen LogP contribution in [0.5, 0.6) is 0 Å². The molecule has 0 unspecified atom stereocenters. The molecule has 0 amide bonds. The number of nitrogens with two attached hydrogens (primary N) is 1. The van der Waals surface area contributed by atoms with Crippen molar-refractivity contribution in [1.82, 2.24) is 0 Å². The highest BCUT2D eigenvalue weighted by Gasteiger charge is 2.08. The fourth-order valence-corrected chi connectivity index (χ4v) is 1.86. The van der Waals surface area contributed by atoms with Crippen LogP contribution in [0.25, 0.3) is 5.57 Å². The molecule has 1 aromatic carbocycles. The Balaban J connectivity index is 3.29. The van der Waals surface area contributed by atoms with Gasteiger partial charge in [-0.3, -0.25) is 5.41 Å². The monoisotopic (exact) mass is 248 g/mol. The summed E-state index contributed by atoms with van der Waals surface area (Å²) >= 11 is 6.11. The molecule has 0 heterocycles. The van der Waals surface area contributed by atoms with E-state index in [0.717, 1.165) is 21.7 Å². The molecule has 0 bridgehead atoms. The predicted molar refractivity (Wildman–Crippen MR) is 75.3 cm³/mol. The second-order valence-electron chi connectivity index (χ2n) is 3.81. The number of rotatable bonds is 4. The summed E-state index contributed by atoms with van der Waals surface area (Å²) in [6, 6.07) is 7.88. The van der Waals surface area contributed by atoms with E-state index in [1.807, 2.05) is 50.3 Å². The van der Waals surface area contributed by atoms with Crippen LogP contribution in [0.15, 0.2) is 41.4 Å². The number of hydrogen-bond donors (Lipinski definition) is 2. The van der Waals surface area contributed by atoms with Gasteiger partial charge in [-0.15, -0.1) is 0 Å². The number of hydrogen-bond acceptors (Lipinski definition) is 1. The topological polar surface area (TPSA) is 49.9 Å². The fraction of sp³-hybridized carbons (Fsp3) is 0.214. The summed E-state index contributed by atoms with van der Waals surface area (Å²) < 4.78 is 0. The Morgan fingerprint density at radius 2 is 2.06 bits per heavy atom. The van der Waals surface area contributed by atoms with Crippen LogP contribution in [0.1, 0.15) is 25.0 Å². The van der Waals surface area contributed by atoms with Crippen molar-refractivity contribution in [2.45, 2.75) is 20.3 Å². The molecule has 0 atom stereocenters. The van der Waals surface area contributed by atoms with Crippen molar-refractivity contribution in [3.8, 4) is 0 Å². The number of benzene rings is 1. The van der Waals surface area contributed by atoms with Crippen molar-refractivity contribution < 1.29 is 0 Å². The van der Waals surface area contributed by atoms with Crippen LogP contribution in [0.4, 0.5) is 0 Å². The average Bonchev–Trinajstić information content (AvgIpc) is 2.26. The second-order valence-corrected chi connectivity index (χ2v) is 4.37. The first kappa shape index (κ1) is 13.5. The van der Waals surface area contributed by atoms with Gasteiger partial charge in [-0.2, -0.15) is 0 Å². The zero-order valence-corrected chi connectivity index (χ0v) is 10.9. The highest BCUT2D eigenvalue weighted by Crippen LogP contribution is 2.26. The van der Waals surface area contributed by atoms with Gasteiger partial charge in [0, 0.05) is 11.5 Å². The van der Waals surface area contributed by atoms with Gasteiger partial charge in [0.05, 0.1) is 5.84 Å². The Hall–Kier alpha value is -1.54. The van der Waals surface area contributed by atoms with Crippen LogP contribution in [0.2, 0.25) is 0 Å². The molecule has 0 saturated carbocycles. The minimum absolute atomic E-state index is 0.157. The Morgan fingerprint density at radius 3 is 2.59 bits per heavy atom. The SMILES string of the molecule is CC=CC(=C(C)Cl)c1ccccc1CC(=N)N. The summed E-state index contributed by atoms with van der Waals surface area (Å²) in [7, 11) is 0. The smallest absolute Gasteiger partial charge is 0.0950 e. The van der Waals surface area contributed by atoms with Crippen LogP contribution >= 0.6 is 11.6 Å². The molecule has 0 saturated heterocycles. The zero-order chi connectivity index (χ0) is 12.8. The summed E-state index contributed by atoms with van der Waals surface area (Å²) in [5, 5.41) is 8.12. The predicted octanol–water partition coefficient (Wildman–Crippen LogP) is 3.71. The van der Waals surface area contributed by atoms with E-state index in [-0.39, 0.29) is 5.84 Å². The molecule has 0 fully saturated rings. The molecule has 0 aliphatic rings. The maximum absolute atomic E-state index is 7.39. The lowest BCUT2D eigenvalue weighted by Crippen LogP contribution is -2.13. The van der Waals surface area contributed by atoms with E-state index < -0.39 is 0 Å². The molecular formula is C14H17ClN2. The molecule has 2 nitrogen and oxygen atoms in total. The van der Waals surface area contributed by atoms with Gasteiger partial charge in [0.25, 0.3) is 0 Å². The Bertz CT molecular complexity index is 469. The largest absolute Gasteiger partial charge is 0.387 e. The van der Waals surface area contributed by atoms with Gasteiger partial charge in [0.2, 0.25) is 0 Å². The molecule has 1 aromatic rings. The van der Waals surface area contributed by atoms with Crippen LogP contribution in [-0.4, -0.2) is 5.84 Å². The maximum atomic E-state index is 7.39. The first-order chi connectivity index (χ1) is 8.06. The summed E-state index contributed by atoms with van der Waals surface area (Å²) in [6.07, 6.45) is 4.37. The highest BCUT2D eigenvalue weighted by atomic mass is 35.5. The Morgan fingerprint density at radius 1 is 1.41 bits per heavy atom. The molecule has 0 aromatic heterocycles. The third-order valence-corrected chi connectivity index (χ3v) is 2.60. The summed E-state index contributed by atoms with van der Waals surface area (Å²) in [6.45, 7) is 3.81. The van der Waals surface area contributed by atoms with Crippen LogP contribution < -0.4 is 5.73 Å². The van der Waals surface area contributed by atoms with Gasteiger partial charge in [-0.25, -0.2) is 0 Å². The van der Waals surface area contributed by atoms with Gasteiger partial charge in [0.1, 0.15) is 0 Å². The summed E-state index contributed by atoms with van der Waals surface area (Å²) in [5.74, 6) is 0.157. The minimum atomic E-state index is 0.157. The van der Waals surface area contributed by atoms with Crippen molar-refractivity contribution in [3.05, 3.63) is 52.6 Å². The van der Waals surface area contributed by atoms with Gasteiger partial charge in [0.15, 0.2) is 0 Å². The van der Waals surface area contributed by atoms with E-state index in [2.05, 4.69) is 0 Å². The van der Waals surface area contributed by atoms with Crippen LogP contribution in [-0.2, 0) is 6.42 Å². The highest BCUT2D eigenvalue weighted by molar-refractivity contribution is 6.32. The Labute approximate surface area is 107 Å². The molecule has 3 heteroatoms. The van der Waals surface area contributed by atoms with E-state index in [9.17, 15) is 0 Å².